The Balaban J connectivity index is 0.00000212. The molecule has 0 aliphatic rings. The van der Waals surface area contributed by atoms with Crippen molar-refractivity contribution in [3.05, 3.63) is 29.8 Å². The minimum Gasteiger partial charge on any atom is -0.475 e. The number of ether oxygens (including phenoxy) is 1. The molecule has 14 nitrogen and oxygen atoms in total. The van der Waals surface area contributed by atoms with Crippen molar-refractivity contribution in [2.45, 2.75) is 57.8 Å². The topological polar surface area (TPSA) is 237 Å². The molecule has 0 fully saturated rings. The molecule has 0 radical (unpaired) electrons. The van der Waals surface area contributed by atoms with Crippen LogP contribution >= 0.6 is 0 Å². The van der Waals surface area contributed by atoms with E-state index in [2.05, 4.69) is 15.4 Å². The Morgan fingerprint density at radius 2 is 1.60 bits per heavy atom. The average molecular weight is 607 g/mol. The van der Waals surface area contributed by atoms with Crippen LogP contribution in [0.3, 0.4) is 0 Å². The number of aliphatic carboxylic acids is 1. The SMILES string of the molecule is COC(=O)Cc1ccc(N(C(=O)[C@@H](NC(=O)CCN)C(C)C)[C@@H](CCCNC(N)=O)C(N)=O)cc1.O=C(O)C(F)(F)F. The molecule has 0 aliphatic heterocycles. The molecule has 9 N–H and O–H groups in total. The van der Waals surface area contributed by atoms with E-state index in [-0.39, 0.29) is 38.3 Å². The first-order valence-corrected chi connectivity index (χ1v) is 12.6. The number of urea groups is 1. The molecule has 0 saturated carbocycles. The summed E-state index contributed by atoms with van der Waals surface area (Å²) >= 11 is 0. The van der Waals surface area contributed by atoms with Crippen LogP contribution in [0.25, 0.3) is 0 Å². The first-order valence-electron chi connectivity index (χ1n) is 12.6. The Hall–Kier alpha value is -4.41. The highest BCUT2D eigenvalue weighted by Crippen LogP contribution is 2.24. The van der Waals surface area contributed by atoms with Gasteiger partial charge >= 0.3 is 24.1 Å². The Morgan fingerprint density at radius 1 is 1.05 bits per heavy atom. The summed E-state index contributed by atoms with van der Waals surface area (Å²) in [5.74, 6) is -5.17. The average Bonchev–Trinajstić information content (AvgIpc) is 2.88. The van der Waals surface area contributed by atoms with E-state index in [0.29, 0.717) is 17.7 Å². The van der Waals surface area contributed by atoms with Crippen LogP contribution in [0.15, 0.2) is 24.3 Å². The summed E-state index contributed by atoms with van der Waals surface area (Å²) in [4.78, 5) is 71.1. The van der Waals surface area contributed by atoms with Crippen LogP contribution in [0.1, 0.15) is 38.7 Å². The third-order valence-corrected chi connectivity index (χ3v) is 5.48. The zero-order chi connectivity index (χ0) is 32.6. The number of rotatable bonds is 14. The van der Waals surface area contributed by atoms with E-state index in [1.165, 1.54) is 12.0 Å². The first kappa shape index (κ1) is 37.6. The number of methoxy groups -OCH3 is 1. The smallest absolute Gasteiger partial charge is 0.475 e. The molecule has 1 aromatic rings. The van der Waals surface area contributed by atoms with Crippen molar-refractivity contribution < 1.29 is 51.8 Å². The lowest BCUT2D eigenvalue weighted by atomic mass is 9.99. The van der Waals surface area contributed by atoms with Crippen LogP contribution in [0.5, 0.6) is 0 Å². The van der Waals surface area contributed by atoms with Crippen molar-refractivity contribution in [3.8, 4) is 0 Å². The molecule has 0 heterocycles. The third-order valence-electron chi connectivity index (χ3n) is 5.48. The van der Waals surface area contributed by atoms with Crippen LogP contribution in [0.4, 0.5) is 23.7 Å². The van der Waals surface area contributed by atoms with Crippen LogP contribution in [-0.4, -0.2) is 79.3 Å². The number of alkyl halides is 3. The molecule has 2 atom stereocenters. The Morgan fingerprint density at radius 3 is 2.00 bits per heavy atom. The number of primary amides is 2. The number of carbonyl (C=O) groups is 6. The summed E-state index contributed by atoms with van der Waals surface area (Å²) in [6.07, 6.45) is -4.57. The number of amides is 5. The van der Waals surface area contributed by atoms with Crippen molar-refractivity contribution in [1.82, 2.24) is 10.6 Å². The summed E-state index contributed by atoms with van der Waals surface area (Å²) < 4.78 is 36.4. The summed E-state index contributed by atoms with van der Waals surface area (Å²) in [6, 6.07) is 3.72. The van der Waals surface area contributed by atoms with Gasteiger partial charge in [0.25, 0.3) is 5.91 Å². The quantitative estimate of drug-likeness (QED) is 0.125. The number of nitrogens with two attached hydrogens (primary N) is 3. The predicted octanol–water partition coefficient (Wildman–Crippen LogP) is 0.160. The summed E-state index contributed by atoms with van der Waals surface area (Å²) in [5, 5.41) is 12.2. The number of hydrogen-bond donors (Lipinski definition) is 6. The number of nitrogens with one attached hydrogen (secondary N) is 2. The lowest BCUT2D eigenvalue weighted by Crippen LogP contribution is -2.57. The maximum atomic E-state index is 13.7. The molecule has 1 aromatic carbocycles. The highest BCUT2D eigenvalue weighted by Gasteiger charge is 2.38. The summed E-state index contributed by atoms with van der Waals surface area (Å²) in [5.41, 5.74) is 17.2. The normalized spacial score (nSPS) is 12.2. The van der Waals surface area contributed by atoms with Crippen molar-refractivity contribution in [2.24, 2.45) is 23.1 Å². The number of hydrogen-bond acceptors (Lipinski definition) is 8. The fraction of sp³-hybridized carbons (Fsp3) is 0.520. The van der Waals surface area contributed by atoms with E-state index in [1.807, 2.05) is 0 Å². The first-order chi connectivity index (χ1) is 19.5. The van der Waals surface area contributed by atoms with E-state index < -0.39 is 54.0 Å². The van der Waals surface area contributed by atoms with Gasteiger partial charge in [-0.2, -0.15) is 13.2 Å². The zero-order valence-corrected chi connectivity index (χ0v) is 23.4. The summed E-state index contributed by atoms with van der Waals surface area (Å²) in [7, 11) is 1.28. The Labute approximate surface area is 240 Å². The molecule has 0 spiro atoms. The van der Waals surface area contributed by atoms with Gasteiger partial charge in [0.15, 0.2) is 0 Å². The van der Waals surface area contributed by atoms with Gasteiger partial charge in [0.2, 0.25) is 11.8 Å². The fourth-order valence-corrected chi connectivity index (χ4v) is 3.42. The summed E-state index contributed by atoms with van der Waals surface area (Å²) in [6.45, 7) is 3.82. The van der Waals surface area contributed by atoms with Crippen molar-refractivity contribution in [1.29, 1.82) is 0 Å². The Kier molecular flexibility index (Phi) is 16.2. The second-order valence-corrected chi connectivity index (χ2v) is 9.11. The number of esters is 1. The van der Waals surface area contributed by atoms with Crippen molar-refractivity contribution in [2.75, 3.05) is 25.1 Å². The van der Waals surface area contributed by atoms with Crippen LogP contribution in [0.2, 0.25) is 0 Å². The van der Waals surface area contributed by atoms with E-state index in [9.17, 15) is 37.1 Å². The molecule has 42 heavy (non-hydrogen) atoms. The predicted molar refractivity (Wildman–Crippen MR) is 144 cm³/mol. The largest absolute Gasteiger partial charge is 0.490 e. The van der Waals surface area contributed by atoms with E-state index in [4.69, 9.17) is 27.1 Å². The van der Waals surface area contributed by atoms with Crippen molar-refractivity contribution in [3.63, 3.8) is 0 Å². The highest BCUT2D eigenvalue weighted by atomic mass is 19.4. The second kappa shape index (κ2) is 18.1. The number of carbonyl (C=O) groups excluding carboxylic acids is 5. The second-order valence-electron chi connectivity index (χ2n) is 9.11. The molecule has 0 unspecified atom stereocenters. The number of benzene rings is 1. The van der Waals surface area contributed by atoms with Gasteiger partial charge in [0, 0.05) is 25.2 Å². The number of carboxylic acid groups (broad SMARTS) is 1. The molecule has 1 rings (SSSR count). The van der Waals surface area contributed by atoms with Gasteiger partial charge in [-0.15, -0.1) is 0 Å². The number of nitrogens with zero attached hydrogens (tertiary/aromatic N) is 1. The highest BCUT2D eigenvalue weighted by molar-refractivity contribution is 6.04. The van der Waals surface area contributed by atoms with Gasteiger partial charge in [-0.25, -0.2) is 9.59 Å². The molecule has 236 valence electrons. The fourth-order valence-electron chi connectivity index (χ4n) is 3.42. The monoisotopic (exact) mass is 606 g/mol. The number of carboxylic acids is 1. The lowest BCUT2D eigenvalue weighted by Gasteiger charge is -2.34. The minimum atomic E-state index is -5.08. The Bertz CT molecular complexity index is 1080. The number of anilines is 1. The molecule has 0 saturated heterocycles. The van der Waals surface area contributed by atoms with Gasteiger partial charge in [0.05, 0.1) is 13.5 Å². The maximum absolute atomic E-state index is 13.7. The van der Waals surface area contributed by atoms with Gasteiger partial charge in [0.1, 0.15) is 12.1 Å². The number of halogens is 3. The molecule has 0 bridgehead atoms. The van der Waals surface area contributed by atoms with Gasteiger partial charge in [-0.05, 0) is 36.5 Å². The van der Waals surface area contributed by atoms with Gasteiger partial charge in [-0.1, -0.05) is 26.0 Å². The molecule has 5 amide bonds. The zero-order valence-electron chi connectivity index (χ0n) is 23.4. The van der Waals surface area contributed by atoms with E-state index >= 15 is 0 Å². The van der Waals surface area contributed by atoms with Crippen LogP contribution in [0, 0.1) is 5.92 Å². The van der Waals surface area contributed by atoms with E-state index in [1.54, 1.807) is 38.1 Å². The maximum Gasteiger partial charge on any atom is 0.490 e. The van der Waals surface area contributed by atoms with Crippen LogP contribution < -0.4 is 32.7 Å². The lowest BCUT2D eigenvalue weighted by molar-refractivity contribution is -0.192. The van der Waals surface area contributed by atoms with E-state index in [0.717, 1.165) is 0 Å². The minimum absolute atomic E-state index is 0.0343. The van der Waals surface area contributed by atoms with Gasteiger partial charge in [-0.3, -0.25) is 24.1 Å². The molecule has 0 aromatic heterocycles. The standard InChI is InChI=1S/C23H36N6O6.C2HF3O2/c1-14(2)20(28-18(30)10-11-24)22(33)29(17(21(25)32)5-4-12-27-23(26)34)16-8-6-15(7-9-16)13-19(31)35-3;3-2(4,5)1(6)7/h6-9,14,17,20H,4-5,10-13,24H2,1-3H3,(H2,25,32)(H,28,30)(H3,26,27,34);(H,6,7)/t17-,20-;/m0./s1. The molecule has 0 aliphatic carbocycles. The molecular formula is C25H37F3N6O8. The van der Waals surface area contributed by atoms with Gasteiger partial charge < -0.3 is 37.7 Å². The third kappa shape index (κ3) is 13.8. The molecular weight excluding hydrogens is 569 g/mol. The van der Waals surface area contributed by atoms with Crippen LogP contribution in [-0.2, 0) is 35.1 Å². The molecule has 17 heteroatoms. The van der Waals surface area contributed by atoms with Crippen molar-refractivity contribution >= 4 is 41.4 Å².